The molecule has 1 aromatic carbocycles. The molecular weight excluding hydrogens is 268 g/mol. The molecule has 1 atom stereocenters. The van der Waals surface area contributed by atoms with Crippen LogP contribution in [0.1, 0.15) is 34.6 Å². The largest absolute Gasteiger partial charge is 0.484 e. The maximum absolute atomic E-state index is 12.2. The quantitative estimate of drug-likeness (QED) is 0.685. The Bertz CT molecular complexity index is 540. The van der Waals surface area contributed by atoms with E-state index >= 15 is 0 Å². The van der Waals surface area contributed by atoms with Crippen molar-refractivity contribution in [1.82, 2.24) is 0 Å². The van der Waals surface area contributed by atoms with Crippen LogP contribution in [0.2, 0.25) is 0 Å². The summed E-state index contributed by atoms with van der Waals surface area (Å²) in [5, 5.41) is 0. The summed E-state index contributed by atoms with van der Waals surface area (Å²) >= 11 is 0. The summed E-state index contributed by atoms with van der Waals surface area (Å²) in [6.07, 6.45) is -0.137. The predicted octanol–water partition coefficient (Wildman–Crippen LogP) is 2.59. The number of benzene rings is 1. The number of carbonyl (C=O) groups is 1. The van der Waals surface area contributed by atoms with Crippen LogP contribution in [0.25, 0.3) is 0 Å². The van der Waals surface area contributed by atoms with E-state index in [1.807, 2.05) is 57.7 Å². The number of anilines is 2. The van der Waals surface area contributed by atoms with E-state index in [0.29, 0.717) is 18.0 Å². The van der Waals surface area contributed by atoms with Crippen molar-refractivity contribution >= 4 is 17.3 Å². The maximum atomic E-state index is 12.2. The highest BCUT2D eigenvalue weighted by Crippen LogP contribution is 2.42. The fraction of sp³-hybridized carbons (Fsp3) is 0.562. The third-order valence-electron chi connectivity index (χ3n) is 3.42. The number of nitrogens with two attached hydrogens (primary N) is 1. The van der Waals surface area contributed by atoms with Gasteiger partial charge in [-0.3, -0.25) is 0 Å². The van der Waals surface area contributed by atoms with Gasteiger partial charge in [0.1, 0.15) is 23.1 Å². The minimum atomic E-state index is -0.418. The summed E-state index contributed by atoms with van der Waals surface area (Å²) in [5.41, 5.74) is 7.06. The molecule has 1 aliphatic heterocycles. The van der Waals surface area contributed by atoms with E-state index in [1.165, 1.54) is 0 Å². The molecule has 0 fully saturated rings. The molecule has 0 saturated heterocycles. The Kier molecular flexibility index (Phi) is 4.03. The Morgan fingerprint density at radius 3 is 2.67 bits per heavy atom. The zero-order valence-corrected chi connectivity index (χ0v) is 13.3. The van der Waals surface area contributed by atoms with Crippen molar-refractivity contribution in [3.05, 3.63) is 18.2 Å². The third kappa shape index (κ3) is 3.23. The normalized spacial score (nSPS) is 17.9. The highest BCUT2D eigenvalue weighted by molar-refractivity contribution is 5.85. The Morgan fingerprint density at radius 1 is 1.38 bits per heavy atom. The second-order valence-electron chi connectivity index (χ2n) is 6.35. The Morgan fingerprint density at radius 2 is 2.05 bits per heavy atom. The molecule has 1 aromatic rings. The van der Waals surface area contributed by atoms with E-state index in [1.54, 1.807) is 0 Å². The van der Waals surface area contributed by atoms with Gasteiger partial charge in [0, 0.05) is 0 Å². The van der Waals surface area contributed by atoms with Gasteiger partial charge >= 0.3 is 5.97 Å². The summed E-state index contributed by atoms with van der Waals surface area (Å²) in [7, 11) is 0. The van der Waals surface area contributed by atoms with Crippen LogP contribution >= 0.6 is 0 Å². The molecule has 1 aliphatic rings. The lowest BCUT2D eigenvalue weighted by molar-refractivity contribution is -0.148. The number of nitrogens with zero attached hydrogens (tertiary/aromatic N) is 1. The van der Waals surface area contributed by atoms with Crippen LogP contribution < -0.4 is 15.4 Å². The molecule has 21 heavy (non-hydrogen) atoms. The van der Waals surface area contributed by atoms with Crippen LogP contribution in [0.15, 0.2) is 18.2 Å². The Labute approximate surface area is 126 Å². The minimum Gasteiger partial charge on any atom is -0.484 e. The van der Waals surface area contributed by atoms with Gasteiger partial charge in [0.2, 0.25) is 0 Å². The summed E-state index contributed by atoms with van der Waals surface area (Å²) in [5.74, 6) is 0.451. The van der Waals surface area contributed by atoms with Gasteiger partial charge in [0.25, 0.3) is 0 Å². The SMILES string of the molecule is CC(C)OC(=O)C(C)N1CC(C)(C)Oc2cccc(N)c21. The summed E-state index contributed by atoms with van der Waals surface area (Å²) < 4.78 is 11.3. The molecular formula is C16H24N2O3. The monoisotopic (exact) mass is 292 g/mol. The molecule has 0 radical (unpaired) electrons. The van der Waals surface area contributed by atoms with Gasteiger partial charge in [0.05, 0.1) is 18.3 Å². The highest BCUT2D eigenvalue weighted by atomic mass is 16.5. The molecule has 0 aliphatic carbocycles. The van der Waals surface area contributed by atoms with E-state index in [4.69, 9.17) is 15.2 Å². The third-order valence-corrected chi connectivity index (χ3v) is 3.42. The highest BCUT2D eigenvalue weighted by Gasteiger charge is 2.37. The van der Waals surface area contributed by atoms with Crippen molar-refractivity contribution in [3.8, 4) is 5.75 Å². The van der Waals surface area contributed by atoms with Crippen LogP contribution in [0.3, 0.4) is 0 Å². The Balaban J connectivity index is 2.37. The van der Waals surface area contributed by atoms with E-state index in [0.717, 1.165) is 5.69 Å². The van der Waals surface area contributed by atoms with Crippen LogP contribution in [-0.4, -0.2) is 30.3 Å². The number of fused-ring (bicyclic) bond motifs is 1. The van der Waals surface area contributed by atoms with Gasteiger partial charge in [0.15, 0.2) is 0 Å². The van der Waals surface area contributed by atoms with Crippen molar-refractivity contribution in [2.45, 2.75) is 52.4 Å². The average molecular weight is 292 g/mol. The van der Waals surface area contributed by atoms with Crippen LogP contribution in [-0.2, 0) is 9.53 Å². The number of carbonyl (C=O) groups excluding carboxylic acids is 1. The number of hydrogen-bond acceptors (Lipinski definition) is 5. The van der Waals surface area contributed by atoms with Crippen molar-refractivity contribution in [2.75, 3.05) is 17.2 Å². The molecule has 1 heterocycles. The molecule has 2 rings (SSSR count). The fourth-order valence-electron chi connectivity index (χ4n) is 2.54. The van der Waals surface area contributed by atoms with Crippen molar-refractivity contribution in [1.29, 1.82) is 0 Å². The molecule has 0 spiro atoms. The van der Waals surface area contributed by atoms with Crippen molar-refractivity contribution in [3.63, 3.8) is 0 Å². The van der Waals surface area contributed by atoms with Gasteiger partial charge in [-0.1, -0.05) is 6.07 Å². The molecule has 0 aromatic heterocycles. The molecule has 5 heteroatoms. The van der Waals surface area contributed by atoms with Gasteiger partial charge in [-0.15, -0.1) is 0 Å². The van der Waals surface area contributed by atoms with Crippen LogP contribution in [0, 0.1) is 0 Å². The van der Waals surface area contributed by atoms with Crippen LogP contribution in [0.4, 0.5) is 11.4 Å². The first-order valence-corrected chi connectivity index (χ1v) is 7.26. The van der Waals surface area contributed by atoms with Crippen LogP contribution in [0.5, 0.6) is 5.75 Å². The number of nitrogen functional groups attached to an aromatic ring is 1. The van der Waals surface area contributed by atoms with Crippen molar-refractivity contribution < 1.29 is 14.3 Å². The smallest absolute Gasteiger partial charge is 0.328 e. The van der Waals surface area contributed by atoms with E-state index in [2.05, 4.69) is 0 Å². The first-order valence-electron chi connectivity index (χ1n) is 7.26. The number of para-hydroxylation sites is 1. The zero-order chi connectivity index (χ0) is 15.8. The molecule has 2 N–H and O–H groups in total. The van der Waals surface area contributed by atoms with Gasteiger partial charge < -0.3 is 20.1 Å². The summed E-state index contributed by atoms with van der Waals surface area (Å²) in [6.45, 7) is 10.1. The van der Waals surface area contributed by atoms with E-state index in [9.17, 15) is 4.79 Å². The maximum Gasteiger partial charge on any atom is 0.328 e. The first kappa shape index (κ1) is 15.5. The lowest BCUT2D eigenvalue weighted by Crippen LogP contribution is -2.53. The molecule has 0 amide bonds. The summed E-state index contributed by atoms with van der Waals surface area (Å²) in [6, 6.07) is 5.12. The standard InChI is InChI=1S/C16H24N2O3/c1-10(2)20-15(19)11(3)18-9-16(4,5)21-13-8-6-7-12(17)14(13)18/h6-8,10-11H,9,17H2,1-5H3. The molecule has 0 bridgehead atoms. The Hall–Kier alpha value is -1.91. The molecule has 1 unspecified atom stereocenters. The second-order valence-corrected chi connectivity index (χ2v) is 6.35. The number of esters is 1. The van der Waals surface area contributed by atoms with E-state index in [-0.39, 0.29) is 12.1 Å². The van der Waals surface area contributed by atoms with Crippen molar-refractivity contribution in [2.24, 2.45) is 0 Å². The molecule has 5 nitrogen and oxygen atoms in total. The zero-order valence-electron chi connectivity index (χ0n) is 13.3. The molecule has 116 valence electrons. The minimum absolute atomic E-state index is 0.137. The van der Waals surface area contributed by atoms with Gasteiger partial charge in [-0.05, 0) is 46.8 Å². The number of hydrogen-bond donors (Lipinski definition) is 1. The van der Waals surface area contributed by atoms with Gasteiger partial charge in [-0.25, -0.2) is 4.79 Å². The lowest BCUT2D eigenvalue weighted by Gasteiger charge is -2.43. The average Bonchev–Trinajstić information content (AvgIpc) is 2.34. The topological polar surface area (TPSA) is 64.8 Å². The fourth-order valence-corrected chi connectivity index (χ4v) is 2.54. The lowest BCUT2D eigenvalue weighted by atomic mass is 10.0. The summed E-state index contributed by atoms with van der Waals surface area (Å²) in [4.78, 5) is 14.2. The number of rotatable bonds is 3. The van der Waals surface area contributed by atoms with E-state index < -0.39 is 11.6 Å². The number of ether oxygens (including phenoxy) is 2. The second kappa shape index (κ2) is 5.47. The first-order chi connectivity index (χ1) is 9.71. The predicted molar refractivity (Wildman–Crippen MR) is 83.6 cm³/mol. The molecule has 0 saturated carbocycles. The van der Waals surface area contributed by atoms with Gasteiger partial charge in [-0.2, -0.15) is 0 Å².